The Morgan fingerprint density at radius 1 is 1.11 bits per heavy atom. The summed E-state index contributed by atoms with van der Waals surface area (Å²) in [6.45, 7) is 7.02. The first kappa shape index (κ1) is 19.0. The van der Waals surface area contributed by atoms with Crippen molar-refractivity contribution < 1.29 is 9.59 Å². The number of rotatable bonds is 5. The second kappa shape index (κ2) is 8.25. The highest BCUT2D eigenvalue weighted by molar-refractivity contribution is 6.01. The highest BCUT2D eigenvalue weighted by atomic mass is 16.2. The van der Waals surface area contributed by atoms with Crippen LogP contribution >= 0.6 is 0 Å². The third kappa shape index (κ3) is 4.67. The third-order valence-corrected chi connectivity index (χ3v) is 4.86. The van der Waals surface area contributed by atoms with E-state index in [1.807, 2.05) is 54.3 Å². The Morgan fingerprint density at radius 3 is 2.63 bits per heavy atom. The number of carbonyl (C=O) groups excluding carboxylic acids is 2. The molecule has 0 saturated heterocycles. The first-order valence-electron chi connectivity index (χ1n) is 9.51. The van der Waals surface area contributed by atoms with Gasteiger partial charge in [-0.2, -0.15) is 0 Å². The summed E-state index contributed by atoms with van der Waals surface area (Å²) >= 11 is 0. The molecule has 142 valence electrons. The zero-order valence-corrected chi connectivity index (χ0v) is 16.2. The van der Waals surface area contributed by atoms with Crippen molar-refractivity contribution in [3.63, 3.8) is 0 Å². The van der Waals surface area contributed by atoms with E-state index >= 15 is 0 Å². The van der Waals surface area contributed by atoms with Gasteiger partial charge in [0, 0.05) is 30.0 Å². The monoisotopic (exact) mass is 365 g/mol. The van der Waals surface area contributed by atoms with E-state index in [2.05, 4.69) is 24.5 Å². The summed E-state index contributed by atoms with van der Waals surface area (Å²) in [6, 6.07) is 13.2. The van der Waals surface area contributed by atoms with Crippen molar-refractivity contribution >= 4 is 29.0 Å². The van der Waals surface area contributed by atoms with Gasteiger partial charge in [0.15, 0.2) is 0 Å². The number of para-hydroxylation sites is 1. The molecule has 0 aromatic heterocycles. The summed E-state index contributed by atoms with van der Waals surface area (Å²) in [5, 5.41) is 5.76. The van der Waals surface area contributed by atoms with Gasteiger partial charge < -0.3 is 15.5 Å². The minimum absolute atomic E-state index is 0.182. The van der Waals surface area contributed by atoms with E-state index in [1.54, 1.807) is 0 Å². The molecule has 1 aliphatic heterocycles. The highest BCUT2D eigenvalue weighted by Crippen LogP contribution is 2.31. The van der Waals surface area contributed by atoms with Gasteiger partial charge in [0.05, 0.1) is 0 Å². The standard InChI is InChI=1S/C22H27N3O2/c1-15(2)12-13-25-20-10-9-18(14-17(20)8-11-21(25)26)23-22(27)24-19-7-5-4-6-16(19)3/h4-7,9-10,14-15H,8,11-13H2,1-3H3,(H2,23,24,27). The number of fused-ring (bicyclic) bond motifs is 1. The van der Waals surface area contributed by atoms with Crippen LogP contribution in [0.15, 0.2) is 42.5 Å². The van der Waals surface area contributed by atoms with Gasteiger partial charge in [0.1, 0.15) is 0 Å². The molecule has 0 spiro atoms. The maximum Gasteiger partial charge on any atom is 0.323 e. The van der Waals surface area contributed by atoms with Crippen molar-refractivity contribution in [2.75, 3.05) is 22.1 Å². The lowest BCUT2D eigenvalue weighted by Crippen LogP contribution is -2.36. The maximum absolute atomic E-state index is 12.3. The van der Waals surface area contributed by atoms with Gasteiger partial charge in [-0.05, 0) is 61.1 Å². The van der Waals surface area contributed by atoms with Crippen molar-refractivity contribution in [2.45, 2.75) is 40.0 Å². The van der Waals surface area contributed by atoms with E-state index in [9.17, 15) is 9.59 Å². The molecule has 0 fully saturated rings. The summed E-state index contributed by atoms with van der Waals surface area (Å²) in [5.41, 5.74) is 4.61. The van der Waals surface area contributed by atoms with E-state index in [4.69, 9.17) is 0 Å². The van der Waals surface area contributed by atoms with Crippen molar-refractivity contribution in [3.8, 4) is 0 Å². The molecule has 0 unspecified atom stereocenters. The van der Waals surface area contributed by atoms with Crippen LogP contribution in [0.4, 0.5) is 21.9 Å². The van der Waals surface area contributed by atoms with Gasteiger partial charge in [-0.15, -0.1) is 0 Å². The van der Waals surface area contributed by atoms with Crippen LogP contribution in [0.3, 0.4) is 0 Å². The number of amides is 3. The molecule has 27 heavy (non-hydrogen) atoms. The number of nitrogens with zero attached hydrogens (tertiary/aromatic N) is 1. The van der Waals surface area contributed by atoms with Gasteiger partial charge in [-0.1, -0.05) is 32.0 Å². The molecule has 2 aromatic rings. The predicted octanol–water partition coefficient (Wildman–Crippen LogP) is 4.96. The van der Waals surface area contributed by atoms with E-state index in [1.165, 1.54) is 0 Å². The molecular weight excluding hydrogens is 338 g/mol. The van der Waals surface area contributed by atoms with Gasteiger partial charge in [-0.25, -0.2) is 4.79 Å². The first-order chi connectivity index (χ1) is 12.9. The van der Waals surface area contributed by atoms with Crippen molar-refractivity contribution in [1.29, 1.82) is 0 Å². The molecule has 2 aromatic carbocycles. The van der Waals surface area contributed by atoms with Crippen molar-refractivity contribution in [1.82, 2.24) is 0 Å². The molecular formula is C22H27N3O2. The summed E-state index contributed by atoms with van der Waals surface area (Å²) in [4.78, 5) is 26.5. The number of anilines is 3. The van der Waals surface area contributed by atoms with Crippen LogP contribution in [0, 0.1) is 12.8 Å². The number of hydrogen-bond donors (Lipinski definition) is 2. The van der Waals surface area contributed by atoms with Gasteiger partial charge in [-0.3, -0.25) is 4.79 Å². The molecule has 0 saturated carbocycles. The molecule has 0 bridgehead atoms. The van der Waals surface area contributed by atoms with E-state index < -0.39 is 0 Å². The lowest BCUT2D eigenvalue weighted by atomic mass is 9.99. The van der Waals surface area contributed by atoms with Crippen LogP contribution in [0.5, 0.6) is 0 Å². The number of aryl methyl sites for hydroxylation is 2. The lowest BCUT2D eigenvalue weighted by molar-refractivity contribution is -0.118. The summed E-state index contributed by atoms with van der Waals surface area (Å²) in [7, 11) is 0. The van der Waals surface area contributed by atoms with Gasteiger partial charge in [0.25, 0.3) is 0 Å². The SMILES string of the molecule is Cc1ccccc1NC(=O)Nc1ccc2c(c1)CCC(=O)N2CCC(C)C. The highest BCUT2D eigenvalue weighted by Gasteiger charge is 2.24. The number of carbonyl (C=O) groups is 2. The summed E-state index contributed by atoms with van der Waals surface area (Å²) in [5.74, 6) is 0.732. The summed E-state index contributed by atoms with van der Waals surface area (Å²) in [6.07, 6.45) is 2.20. The van der Waals surface area contributed by atoms with Crippen LogP contribution in [0.2, 0.25) is 0 Å². The molecule has 1 heterocycles. The van der Waals surface area contributed by atoms with E-state index in [0.717, 1.165) is 41.2 Å². The quantitative estimate of drug-likeness (QED) is 0.786. The van der Waals surface area contributed by atoms with Crippen LogP contribution in [0.25, 0.3) is 0 Å². The molecule has 2 N–H and O–H groups in total. The minimum Gasteiger partial charge on any atom is -0.312 e. The minimum atomic E-state index is -0.271. The molecule has 0 aliphatic carbocycles. The average Bonchev–Trinajstić information content (AvgIpc) is 2.62. The number of nitrogens with one attached hydrogen (secondary N) is 2. The fraction of sp³-hybridized carbons (Fsp3) is 0.364. The van der Waals surface area contributed by atoms with Crippen LogP contribution < -0.4 is 15.5 Å². The number of hydrogen-bond acceptors (Lipinski definition) is 2. The maximum atomic E-state index is 12.3. The Morgan fingerprint density at radius 2 is 1.89 bits per heavy atom. The Hall–Kier alpha value is -2.82. The fourth-order valence-corrected chi connectivity index (χ4v) is 3.27. The molecule has 0 radical (unpaired) electrons. The Balaban J connectivity index is 1.71. The topological polar surface area (TPSA) is 61.4 Å². The molecule has 3 amide bonds. The summed E-state index contributed by atoms with van der Waals surface area (Å²) < 4.78 is 0. The Labute approximate surface area is 160 Å². The van der Waals surface area contributed by atoms with Gasteiger partial charge in [0.2, 0.25) is 5.91 Å². The predicted molar refractivity (Wildman–Crippen MR) is 110 cm³/mol. The fourth-order valence-electron chi connectivity index (χ4n) is 3.27. The normalized spacial score (nSPS) is 13.5. The third-order valence-electron chi connectivity index (χ3n) is 4.86. The van der Waals surface area contributed by atoms with E-state index in [-0.39, 0.29) is 11.9 Å². The zero-order chi connectivity index (χ0) is 19.4. The second-order valence-corrected chi connectivity index (χ2v) is 7.47. The van der Waals surface area contributed by atoms with Crippen LogP contribution in [0.1, 0.15) is 37.8 Å². The molecule has 3 rings (SSSR count). The molecule has 5 heteroatoms. The smallest absolute Gasteiger partial charge is 0.312 e. The second-order valence-electron chi connectivity index (χ2n) is 7.47. The van der Waals surface area contributed by atoms with E-state index in [0.29, 0.717) is 18.8 Å². The molecule has 1 aliphatic rings. The van der Waals surface area contributed by atoms with Crippen molar-refractivity contribution in [2.24, 2.45) is 5.92 Å². The number of urea groups is 1. The van der Waals surface area contributed by atoms with Crippen LogP contribution in [-0.4, -0.2) is 18.5 Å². The Bertz CT molecular complexity index is 845. The average molecular weight is 365 g/mol. The molecule has 5 nitrogen and oxygen atoms in total. The Kier molecular flexibility index (Phi) is 5.79. The van der Waals surface area contributed by atoms with Crippen molar-refractivity contribution in [3.05, 3.63) is 53.6 Å². The first-order valence-corrected chi connectivity index (χ1v) is 9.51. The number of benzene rings is 2. The largest absolute Gasteiger partial charge is 0.323 e. The van der Waals surface area contributed by atoms with Gasteiger partial charge >= 0.3 is 6.03 Å². The molecule has 0 atom stereocenters. The van der Waals surface area contributed by atoms with Crippen LogP contribution in [-0.2, 0) is 11.2 Å². The lowest BCUT2D eigenvalue weighted by Gasteiger charge is -2.30. The zero-order valence-electron chi connectivity index (χ0n) is 16.2.